The van der Waals surface area contributed by atoms with Gasteiger partial charge in [-0.1, -0.05) is 17.7 Å². The second-order valence-electron chi connectivity index (χ2n) is 5.47. The number of amides is 2. The second-order valence-corrected chi connectivity index (χ2v) is 6.76. The van der Waals surface area contributed by atoms with Gasteiger partial charge in [0.2, 0.25) is 0 Å². The van der Waals surface area contributed by atoms with Gasteiger partial charge in [-0.15, -0.1) is 0 Å². The molecule has 6 nitrogen and oxygen atoms in total. The van der Waals surface area contributed by atoms with Crippen molar-refractivity contribution in [3.8, 4) is 17.0 Å². The predicted molar refractivity (Wildman–Crippen MR) is 107 cm³/mol. The lowest BCUT2D eigenvalue weighted by molar-refractivity contribution is 0.262. The molecule has 8 heteroatoms. The van der Waals surface area contributed by atoms with Crippen molar-refractivity contribution in [2.45, 2.75) is 0 Å². The van der Waals surface area contributed by atoms with Gasteiger partial charge in [0.25, 0.3) is 0 Å². The molecule has 2 amide bonds. The summed E-state index contributed by atoms with van der Waals surface area (Å²) in [5, 5.41) is 10.3. The van der Waals surface area contributed by atoms with Crippen molar-refractivity contribution >= 4 is 44.9 Å². The Morgan fingerprint density at radius 1 is 1.19 bits per heavy atom. The minimum absolute atomic E-state index is 0.368. The van der Waals surface area contributed by atoms with E-state index in [1.54, 1.807) is 54.4 Å². The summed E-state index contributed by atoms with van der Waals surface area (Å²) in [7, 11) is 3.44. The number of aryl methyl sites for hydroxylation is 1. The zero-order chi connectivity index (χ0) is 18.7. The van der Waals surface area contributed by atoms with Gasteiger partial charge in [-0.3, -0.25) is 4.68 Å². The lowest BCUT2D eigenvalue weighted by Crippen LogP contribution is -2.19. The smallest absolute Gasteiger partial charge is 0.323 e. The molecule has 1 aromatic heterocycles. The lowest BCUT2D eigenvalue weighted by Gasteiger charge is -2.13. The van der Waals surface area contributed by atoms with Crippen LogP contribution in [0.2, 0.25) is 5.02 Å². The Bertz CT molecular complexity index is 939. The maximum Gasteiger partial charge on any atom is 0.323 e. The molecule has 2 aromatic carbocycles. The molecule has 3 aromatic rings. The molecule has 0 aliphatic rings. The molecule has 0 aliphatic heterocycles. The molecule has 26 heavy (non-hydrogen) atoms. The van der Waals surface area contributed by atoms with Gasteiger partial charge in [0.1, 0.15) is 5.75 Å². The van der Waals surface area contributed by atoms with Crippen molar-refractivity contribution in [3.63, 3.8) is 0 Å². The summed E-state index contributed by atoms with van der Waals surface area (Å²) < 4.78 is 8.01. The Morgan fingerprint density at radius 3 is 2.54 bits per heavy atom. The molecule has 0 radical (unpaired) electrons. The molecule has 134 valence electrons. The lowest BCUT2D eigenvalue weighted by atomic mass is 10.1. The van der Waals surface area contributed by atoms with E-state index >= 15 is 0 Å². The largest absolute Gasteiger partial charge is 0.496 e. The minimum Gasteiger partial charge on any atom is -0.496 e. The molecule has 0 saturated heterocycles. The van der Waals surface area contributed by atoms with E-state index in [4.69, 9.17) is 16.3 Å². The quantitative estimate of drug-likeness (QED) is 0.595. The number of ether oxygens (including phenoxy) is 1. The maximum absolute atomic E-state index is 12.3. The number of benzene rings is 2. The summed E-state index contributed by atoms with van der Waals surface area (Å²) in [4.78, 5) is 12.3. The van der Waals surface area contributed by atoms with Crippen LogP contribution in [0.1, 0.15) is 0 Å². The van der Waals surface area contributed by atoms with Crippen LogP contribution in [0, 0.1) is 0 Å². The Morgan fingerprint density at radius 2 is 1.92 bits per heavy atom. The van der Waals surface area contributed by atoms with Crippen molar-refractivity contribution in [3.05, 3.63) is 58.2 Å². The fourth-order valence-corrected chi connectivity index (χ4v) is 3.30. The molecule has 0 aliphatic carbocycles. The number of aromatic nitrogens is 2. The predicted octanol–water partition coefficient (Wildman–Crippen LogP) is 5.16. The number of carbonyl (C=O) groups is 1. The first-order valence-electron chi connectivity index (χ1n) is 7.67. The van der Waals surface area contributed by atoms with Crippen LogP contribution in [0.15, 0.2) is 53.1 Å². The molecule has 3 rings (SSSR count). The molecule has 0 spiro atoms. The summed E-state index contributed by atoms with van der Waals surface area (Å²) in [6, 6.07) is 12.0. The number of nitrogens with zero attached hydrogens (tertiary/aromatic N) is 2. The standard InChI is InChI=1S/C18H16BrClN4O2/c1-24-17(15(19)10-21-24)14-9-13(6-7-16(14)26-2)23-18(25)22-12-5-3-4-11(20)8-12/h3-10H,1-2H3,(H2,22,23,25). The third-order valence-electron chi connectivity index (χ3n) is 3.69. The van der Waals surface area contributed by atoms with E-state index in [0.29, 0.717) is 22.1 Å². The molecule has 2 N–H and O–H groups in total. The highest BCUT2D eigenvalue weighted by Gasteiger charge is 2.15. The molecule has 0 bridgehead atoms. The van der Waals surface area contributed by atoms with E-state index < -0.39 is 0 Å². The zero-order valence-electron chi connectivity index (χ0n) is 14.1. The van der Waals surface area contributed by atoms with Gasteiger partial charge in [-0.25, -0.2) is 4.79 Å². The Kier molecular flexibility index (Phi) is 5.49. The van der Waals surface area contributed by atoms with Crippen LogP contribution in [0.3, 0.4) is 0 Å². The van der Waals surface area contributed by atoms with Crippen LogP contribution in [0.5, 0.6) is 5.75 Å². The molecule has 0 atom stereocenters. The van der Waals surface area contributed by atoms with Crippen LogP contribution in [0.4, 0.5) is 16.2 Å². The van der Waals surface area contributed by atoms with E-state index in [1.165, 1.54) is 0 Å². The SMILES string of the molecule is COc1ccc(NC(=O)Nc2cccc(Cl)c2)cc1-c1c(Br)cnn1C. The van der Waals surface area contributed by atoms with Crippen LogP contribution < -0.4 is 15.4 Å². The fourth-order valence-electron chi connectivity index (χ4n) is 2.54. The van der Waals surface area contributed by atoms with Crippen LogP contribution in [-0.2, 0) is 7.05 Å². The molecular formula is C18H16BrClN4O2. The highest BCUT2D eigenvalue weighted by atomic mass is 79.9. The average Bonchev–Trinajstić information content (AvgIpc) is 2.93. The first-order valence-corrected chi connectivity index (χ1v) is 8.84. The molecule has 0 unspecified atom stereocenters. The van der Waals surface area contributed by atoms with Crippen molar-refractivity contribution in [1.82, 2.24) is 9.78 Å². The summed E-state index contributed by atoms with van der Waals surface area (Å²) in [6.07, 6.45) is 1.71. The highest BCUT2D eigenvalue weighted by Crippen LogP contribution is 2.36. The Labute approximate surface area is 164 Å². The van der Waals surface area contributed by atoms with Crippen molar-refractivity contribution in [1.29, 1.82) is 0 Å². The fraction of sp³-hybridized carbons (Fsp3) is 0.111. The van der Waals surface area contributed by atoms with Gasteiger partial charge < -0.3 is 15.4 Å². The van der Waals surface area contributed by atoms with Gasteiger partial charge in [0.15, 0.2) is 0 Å². The molecule has 0 saturated carbocycles. The van der Waals surface area contributed by atoms with Crippen LogP contribution in [-0.4, -0.2) is 22.9 Å². The van der Waals surface area contributed by atoms with Gasteiger partial charge >= 0.3 is 6.03 Å². The van der Waals surface area contributed by atoms with Gasteiger partial charge in [0, 0.05) is 29.0 Å². The van der Waals surface area contributed by atoms with Gasteiger partial charge in [-0.2, -0.15) is 5.10 Å². The summed E-state index contributed by atoms with van der Waals surface area (Å²) >= 11 is 9.42. The van der Waals surface area contributed by atoms with E-state index in [1.807, 2.05) is 13.1 Å². The van der Waals surface area contributed by atoms with Crippen LogP contribution >= 0.6 is 27.5 Å². The van der Waals surface area contributed by atoms with E-state index in [2.05, 4.69) is 31.7 Å². The normalized spacial score (nSPS) is 10.5. The number of rotatable bonds is 4. The van der Waals surface area contributed by atoms with Crippen molar-refractivity contribution in [2.24, 2.45) is 7.05 Å². The van der Waals surface area contributed by atoms with E-state index in [0.717, 1.165) is 15.7 Å². The summed E-state index contributed by atoms with van der Waals surface area (Å²) in [6.45, 7) is 0. The first-order chi connectivity index (χ1) is 12.5. The number of anilines is 2. The monoisotopic (exact) mass is 434 g/mol. The molecule has 1 heterocycles. The summed E-state index contributed by atoms with van der Waals surface area (Å²) in [5.74, 6) is 0.676. The van der Waals surface area contributed by atoms with Gasteiger partial charge in [0.05, 0.1) is 23.5 Å². The van der Waals surface area contributed by atoms with E-state index in [9.17, 15) is 4.79 Å². The topological polar surface area (TPSA) is 68.2 Å². The number of urea groups is 1. The van der Waals surface area contributed by atoms with E-state index in [-0.39, 0.29) is 6.03 Å². The number of hydrogen-bond donors (Lipinski definition) is 2. The average molecular weight is 436 g/mol. The summed E-state index contributed by atoms with van der Waals surface area (Å²) in [5.41, 5.74) is 2.88. The maximum atomic E-state index is 12.3. The Balaban J connectivity index is 1.85. The number of halogens is 2. The third-order valence-corrected chi connectivity index (χ3v) is 4.50. The highest BCUT2D eigenvalue weighted by molar-refractivity contribution is 9.10. The third kappa shape index (κ3) is 4.00. The zero-order valence-corrected chi connectivity index (χ0v) is 16.4. The van der Waals surface area contributed by atoms with Crippen LogP contribution in [0.25, 0.3) is 11.3 Å². The minimum atomic E-state index is -0.368. The first kappa shape index (κ1) is 18.3. The molecule has 0 fully saturated rings. The second kappa shape index (κ2) is 7.80. The molecular weight excluding hydrogens is 420 g/mol. The number of carbonyl (C=O) groups excluding carboxylic acids is 1. The number of hydrogen-bond acceptors (Lipinski definition) is 3. The van der Waals surface area contributed by atoms with Crippen molar-refractivity contribution < 1.29 is 9.53 Å². The Hall–Kier alpha value is -2.51. The van der Waals surface area contributed by atoms with Gasteiger partial charge in [-0.05, 0) is 52.3 Å². The number of nitrogens with one attached hydrogen (secondary N) is 2. The number of methoxy groups -OCH3 is 1. The van der Waals surface area contributed by atoms with Crippen molar-refractivity contribution in [2.75, 3.05) is 17.7 Å².